The molecule has 1 saturated carbocycles. The van der Waals surface area contributed by atoms with Crippen LogP contribution >= 0.6 is 0 Å². The molecule has 0 aromatic heterocycles. The lowest BCUT2D eigenvalue weighted by molar-refractivity contribution is -0.141. The number of nitrogens with zero attached hydrogens (tertiary/aromatic N) is 1. The first-order chi connectivity index (χ1) is 12.0. The molecule has 25 heavy (non-hydrogen) atoms. The van der Waals surface area contributed by atoms with Gasteiger partial charge in [0.1, 0.15) is 0 Å². The number of carbonyl (C=O) groups is 2. The number of likely N-dealkylation sites (N-methyl/N-ethyl adjacent to an activating group) is 1. The standard InChI is InChI=1S/C21H24N2O2/c1-16-9-11-18(12-10-16)22-19(24)15-23(2)20(25)21(13-6-14-21)17-7-4-3-5-8-17/h3-5,7-12H,6,13-15H2,1-2H3,(H,22,24). The van der Waals surface area contributed by atoms with E-state index in [0.29, 0.717) is 0 Å². The highest BCUT2D eigenvalue weighted by atomic mass is 16.2. The molecule has 0 spiro atoms. The second kappa shape index (κ2) is 7.09. The summed E-state index contributed by atoms with van der Waals surface area (Å²) < 4.78 is 0. The number of carbonyl (C=O) groups excluding carboxylic acids is 2. The van der Waals surface area contributed by atoms with Crippen LogP contribution in [0.3, 0.4) is 0 Å². The van der Waals surface area contributed by atoms with E-state index in [4.69, 9.17) is 0 Å². The normalized spacial score (nSPS) is 15.1. The van der Waals surface area contributed by atoms with Crippen molar-refractivity contribution >= 4 is 17.5 Å². The van der Waals surface area contributed by atoms with Crippen molar-refractivity contribution in [3.05, 3.63) is 65.7 Å². The molecular formula is C21H24N2O2. The van der Waals surface area contributed by atoms with Gasteiger partial charge in [0.25, 0.3) is 0 Å². The Morgan fingerprint density at radius 3 is 2.24 bits per heavy atom. The van der Waals surface area contributed by atoms with Gasteiger partial charge in [-0.15, -0.1) is 0 Å². The molecule has 0 aliphatic heterocycles. The van der Waals surface area contributed by atoms with Gasteiger partial charge in [0, 0.05) is 12.7 Å². The van der Waals surface area contributed by atoms with Crippen LogP contribution < -0.4 is 5.32 Å². The molecule has 1 fully saturated rings. The summed E-state index contributed by atoms with van der Waals surface area (Å²) in [6.45, 7) is 2.06. The van der Waals surface area contributed by atoms with Crippen LogP contribution in [0.5, 0.6) is 0 Å². The lowest BCUT2D eigenvalue weighted by atomic mass is 9.63. The Kier molecular flexibility index (Phi) is 4.88. The van der Waals surface area contributed by atoms with Gasteiger partial charge < -0.3 is 10.2 Å². The van der Waals surface area contributed by atoms with Crippen molar-refractivity contribution in [1.29, 1.82) is 0 Å². The smallest absolute Gasteiger partial charge is 0.243 e. The quantitative estimate of drug-likeness (QED) is 0.908. The summed E-state index contributed by atoms with van der Waals surface area (Å²) in [7, 11) is 1.71. The minimum absolute atomic E-state index is 0.0315. The van der Waals surface area contributed by atoms with Gasteiger partial charge in [0.05, 0.1) is 12.0 Å². The number of amides is 2. The molecular weight excluding hydrogens is 312 g/mol. The highest BCUT2D eigenvalue weighted by Crippen LogP contribution is 2.44. The molecule has 0 radical (unpaired) electrons. The van der Waals surface area contributed by atoms with Gasteiger partial charge in [-0.25, -0.2) is 0 Å². The molecule has 0 saturated heterocycles. The van der Waals surface area contributed by atoms with Crippen molar-refractivity contribution in [2.45, 2.75) is 31.6 Å². The zero-order valence-electron chi connectivity index (χ0n) is 14.8. The second-order valence-electron chi connectivity index (χ2n) is 6.88. The van der Waals surface area contributed by atoms with E-state index in [-0.39, 0.29) is 18.4 Å². The monoisotopic (exact) mass is 336 g/mol. The molecule has 4 nitrogen and oxygen atoms in total. The van der Waals surface area contributed by atoms with Gasteiger partial charge in [-0.3, -0.25) is 9.59 Å². The number of hydrogen-bond acceptors (Lipinski definition) is 2. The van der Waals surface area contributed by atoms with Crippen molar-refractivity contribution in [2.75, 3.05) is 18.9 Å². The molecule has 130 valence electrons. The third-order valence-electron chi connectivity index (χ3n) is 5.01. The van der Waals surface area contributed by atoms with Crippen LogP contribution in [-0.2, 0) is 15.0 Å². The van der Waals surface area contributed by atoms with Gasteiger partial charge in [-0.05, 0) is 37.5 Å². The van der Waals surface area contributed by atoms with E-state index in [1.54, 1.807) is 11.9 Å². The van der Waals surface area contributed by atoms with Crippen LogP contribution in [0.1, 0.15) is 30.4 Å². The van der Waals surface area contributed by atoms with Gasteiger partial charge in [0.15, 0.2) is 0 Å². The largest absolute Gasteiger partial charge is 0.336 e. The zero-order valence-corrected chi connectivity index (χ0v) is 14.8. The van der Waals surface area contributed by atoms with E-state index in [1.165, 1.54) is 0 Å². The first kappa shape index (κ1) is 17.2. The molecule has 0 atom stereocenters. The highest BCUT2D eigenvalue weighted by Gasteiger charge is 2.47. The summed E-state index contributed by atoms with van der Waals surface area (Å²) in [6, 6.07) is 17.5. The zero-order chi connectivity index (χ0) is 17.9. The molecule has 1 aliphatic rings. The maximum atomic E-state index is 13.0. The topological polar surface area (TPSA) is 49.4 Å². The van der Waals surface area contributed by atoms with Crippen LogP contribution in [-0.4, -0.2) is 30.3 Å². The molecule has 1 N–H and O–H groups in total. The lowest BCUT2D eigenvalue weighted by Crippen LogP contribution is -2.51. The van der Waals surface area contributed by atoms with Crippen molar-refractivity contribution in [1.82, 2.24) is 4.90 Å². The average molecular weight is 336 g/mol. The van der Waals surface area contributed by atoms with E-state index in [9.17, 15) is 9.59 Å². The fraction of sp³-hybridized carbons (Fsp3) is 0.333. The summed E-state index contributed by atoms with van der Waals surface area (Å²) in [5.74, 6) is -0.147. The summed E-state index contributed by atoms with van der Waals surface area (Å²) >= 11 is 0. The van der Waals surface area contributed by atoms with E-state index in [0.717, 1.165) is 36.1 Å². The number of aryl methyl sites for hydroxylation is 1. The Balaban J connectivity index is 1.65. The maximum Gasteiger partial charge on any atom is 0.243 e. The maximum absolute atomic E-state index is 13.0. The van der Waals surface area contributed by atoms with Gasteiger partial charge in [0.2, 0.25) is 11.8 Å². The van der Waals surface area contributed by atoms with Crippen molar-refractivity contribution in [3.8, 4) is 0 Å². The van der Waals surface area contributed by atoms with Gasteiger partial charge in [-0.2, -0.15) is 0 Å². The summed E-state index contributed by atoms with van der Waals surface area (Å²) in [5, 5.41) is 2.85. The number of anilines is 1. The Bertz CT molecular complexity index is 749. The molecule has 0 bridgehead atoms. The number of nitrogens with one attached hydrogen (secondary N) is 1. The van der Waals surface area contributed by atoms with E-state index in [2.05, 4.69) is 5.32 Å². The summed E-state index contributed by atoms with van der Waals surface area (Å²) in [5.41, 5.74) is 2.48. The van der Waals surface area contributed by atoms with Crippen LogP contribution in [0.2, 0.25) is 0 Å². The SMILES string of the molecule is Cc1ccc(NC(=O)CN(C)C(=O)C2(c3ccccc3)CCC2)cc1. The van der Waals surface area contributed by atoms with Crippen LogP contribution in [0.25, 0.3) is 0 Å². The molecule has 4 heteroatoms. The van der Waals surface area contributed by atoms with E-state index in [1.807, 2.05) is 61.5 Å². The molecule has 2 amide bonds. The van der Waals surface area contributed by atoms with Gasteiger partial charge in [-0.1, -0.05) is 54.4 Å². The first-order valence-corrected chi connectivity index (χ1v) is 8.69. The lowest BCUT2D eigenvalue weighted by Gasteiger charge is -2.43. The molecule has 0 unspecified atom stereocenters. The highest BCUT2D eigenvalue weighted by molar-refractivity contribution is 5.96. The number of rotatable bonds is 5. The number of hydrogen-bond donors (Lipinski definition) is 1. The third-order valence-corrected chi connectivity index (χ3v) is 5.01. The predicted octanol–water partition coefficient (Wildman–Crippen LogP) is 3.51. The van der Waals surface area contributed by atoms with E-state index >= 15 is 0 Å². The molecule has 1 aliphatic carbocycles. The minimum Gasteiger partial charge on any atom is -0.336 e. The average Bonchev–Trinajstić information content (AvgIpc) is 2.57. The Morgan fingerprint density at radius 2 is 1.68 bits per heavy atom. The predicted molar refractivity (Wildman–Crippen MR) is 99.4 cm³/mol. The Hall–Kier alpha value is -2.62. The molecule has 2 aromatic rings. The summed E-state index contributed by atoms with van der Waals surface area (Å²) in [6.07, 6.45) is 2.74. The van der Waals surface area contributed by atoms with Crippen LogP contribution in [0, 0.1) is 6.92 Å². The van der Waals surface area contributed by atoms with Crippen molar-refractivity contribution in [2.24, 2.45) is 0 Å². The van der Waals surface area contributed by atoms with Crippen LogP contribution in [0.15, 0.2) is 54.6 Å². The fourth-order valence-corrected chi connectivity index (χ4v) is 3.40. The Morgan fingerprint density at radius 1 is 1.04 bits per heavy atom. The Labute approximate surface area is 148 Å². The molecule has 2 aromatic carbocycles. The summed E-state index contributed by atoms with van der Waals surface area (Å²) in [4.78, 5) is 26.9. The minimum atomic E-state index is -0.458. The van der Waals surface area contributed by atoms with Crippen molar-refractivity contribution in [3.63, 3.8) is 0 Å². The second-order valence-corrected chi connectivity index (χ2v) is 6.88. The fourth-order valence-electron chi connectivity index (χ4n) is 3.40. The molecule has 3 rings (SSSR count). The van der Waals surface area contributed by atoms with Crippen molar-refractivity contribution < 1.29 is 9.59 Å². The number of benzene rings is 2. The van der Waals surface area contributed by atoms with Gasteiger partial charge >= 0.3 is 0 Å². The van der Waals surface area contributed by atoms with E-state index < -0.39 is 5.41 Å². The van der Waals surface area contributed by atoms with Crippen LogP contribution in [0.4, 0.5) is 5.69 Å². The third kappa shape index (κ3) is 3.58. The molecule has 0 heterocycles. The first-order valence-electron chi connectivity index (χ1n) is 8.69.